The van der Waals surface area contributed by atoms with Gasteiger partial charge in [-0.1, -0.05) is 0 Å². The van der Waals surface area contributed by atoms with Crippen molar-refractivity contribution in [3.63, 3.8) is 0 Å². The second kappa shape index (κ2) is 6.63. The van der Waals surface area contributed by atoms with Gasteiger partial charge >= 0.3 is 5.92 Å². The number of H-pyrrole nitrogens is 1. The van der Waals surface area contributed by atoms with Crippen LogP contribution in [0.1, 0.15) is 24.0 Å². The summed E-state index contributed by atoms with van der Waals surface area (Å²) in [6.07, 6.45) is 1.51. The topological polar surface area (TPSA) is 84.3 Å². The number of aromatic nitrogens is 6. The van der Waals surface area contributed by atoms with Crippen molar-refractivity contribution in [2.75, 3.05) is 5.32 Å². The maximum atomic E-state index is 15.1. The lowest BCUT2D eigenvalue weighted by Gasteiger charge is -2.17. The van der Waals surface area contributed by atoms with Crippen LogP contribution in [0.5, 0.6) is 0 Å². The van der Waals surface area contributed by atoms with E-state index in [-0.39, 0.29) is 11.5 Å². The molecule has 1 aromatic carbocycles. The number of anilines is 2. The number of alkyl halides is 2. The molecule has 4 rings (SSSR count). The van der Waals surface area contributed by atoms with Crippen molar-refractivity contribution in [1.82, 2.24) is 29.9 Å². The Morgan fingerprint density at radius 1 is 1.18 bits per heavy atom. The zero-order valence-corrected chi connectivity index (χ0v) is 15.0. The van der Waals surface area contributed by atoms with Gasteiger partial charge in [0.25, 0.3) is 0 Å². The molecule has 0 aliphatic carbocycles. The monoisotopic (exact) mass is 387 g/mol. The van der Waals surface area contributed by atoms with Gasteiger partial charge in [-0.25, -0.2) is 19.0 Å². The Hall–Kier alpha value is -3.43. The fourth-order valence-electron chi connectivity index (χ4n) is 2.81. The summed E-state index contributed by atoms with van der Waals surface area (Å²) in [5.74, 6) is -4.25. The number of aryl methyl sites for hydroxylation is 2. The summed E-state index contributed by atoms with van der Waals surface area (Å²) in [6, 6.07) is 5.71. The average molecular weight is 387 g/mol. The van der Waals surface area contributed by atoms with Gasteiger partial charge in [0, 0.05) is 23.9 Å². The van der Waals surface area contributed by atoms with Crippen molar-refractivity contribution < 1.29 is 13.2 Å². The second-order valence-electron chi connectivity index (χ2n) is 6.24. The van der Waals surface area contributed by atoms with E-state index in [1.165, 1.54) is 10.9 Å². The number of rotatable bonds is 5. The van der Waals surface area contributed by atoms with Crippen LogP contribution in [0.15, 0.2) is 36.5 Å². The van der Waals surface area contributed by atoms with Gasteiger partial charge < -0.3 is 5.32 Å². The Morgan fingerprint density at radius 3 is 2.57 bits per heavy atom. The molecule has 0 unspecified atom stereocenters. The highest BCUT2D eigenvalue weighted by molar-refractivity contribution is 5.88. The number of nitrogens with zero attached hydrogens (tertiary/aromatic N) is 5. The fraction of sp³-hybridized carbons (Fsp3) is 0.222. The molecular weight excluding hydrogens is 371 g/mol. The van der Waals surface area contributed by atoms with E-state index < -0.39 is 23.1 Å². The first kappa shape index (κ1) is 18.0. The molecule has 0 aliphatic heterocycles. The molecule has 0 fully saturated rings. The maximum absolute atomic E-state index is 15.1. The Labute approximate surface area is 157 Å². The van der Waals surface area contributed by atoms with E-state index in [0.29, 0.717) is 17.7 Å². The Morgan fingerprint density at radius 2 is 1.93 bits per heavy atom. The molecule has 28 heavy (non-hydrogen) atoms. The molecule has 0 saturated heterocycles. The largest absolute Gasteiger partial charge is 0.331 e. The number of hydrogen-bond donors (Lipinski definition) is 2. The highest BCUT2D eigenvalue weighted by Gasteiger charge is 2.38. The fourth-order valence-corrected chi connectivity index (χ4v) is 2.81. The average Bonchev–Trinajstić information content (AvgIpc) is 3.27. The summed E-state index contributed by atoms with van der Waals surface area (Å²) >= 11 is 0. The molecule has 3 aromatic heterocycles. The van der Waals surface area contributed by atoms with Crippen molar-refractivity contribution in [3.8, 4) is 0 Å². The molecule has 0 bridgehead atoms. The normalized spacial score (nSPS) is 11.9. The predicted molar refractivity (Wildman–Crippen MR) is 97.0 cm³/mol. The first-order valence-corrected chi connectivity index (χ1v) is 8.55. The molecule has 7 nitrogen and oxygen atoms in total. The lowest BCUT2D eigenvalue weighted by molar-refractivity contribution is 0.0332. The second-order valence-corrected chi connectivity index (χ2v) is 6.24. The zero-order valence-electron chi connectivity index (χ0n) is 15.0. The zero-order chi connectivity index (χ0) is 19.9. The summed E-state index contributed by atoms with van der Waals surface area (Å²) < 4.78 is 44.8. The minimum absolute atomic E-state index is 0.160. The summed E-state index contributed by atoms with van der Waals surface area (Å²) in [6.45, 7) is 4.09. The van der Waals surface area contributed by atoms with Crippen LogP contribution in [0.25, 0.3) is 11.0 Å². The van der Waals surface area contributed by atoms with Gasteiger partial charge in [-0.05, 0) is 38.1 Å². The third-order valence-electron chi connectivity index (χ3n) is 4.24. The molecule has 0 radical (unpaired) electrons. The van der Waals surface area contributed by atoms with Crippen LogP contribution in [0.3, 0.4) is 0 Å². The van der Waals surface area contributed by atoms with Gasteiger partial charge in [-0.15, -0.1) is 0 Å². The molecule has 2 N–H and O–H groups in total. The minimum atomic E-state index is -3.53. The highest BCUT2D eigenvalue weighted by Crippen LogP contribution is 2.36. The number of halogens is 3. The van der Waals surface area contributed by atoms with Crippen molar-refractivity contribution in [1.29, 1.82) is 0 Å². The number of aromatic amines is 1. The maximum Gasteiger partial charge on any atom is 0.331 e. The minimum Gasteiger partial charge on any atom is -0.323 e. The predicted octanol–water partition coefficient (Wildman–Crippen LogP) is 3.90. The molecule has 3 heterocycles. The molecule has 0 amide bonds. The third-order valence-corrected chi connectivity index (χ3v) is 4.24. The Kier molecular flexibility index (Phi) is 4.25. The quantitative estimate of drug-likeness (QED) is 0.543. The lowest BCUT2D eigenvalue weighted by atomic mass is 10.1. The van der Waals surface area contributed by atoms with E-state index >= 15 is 8.78 Å². The molecule has 10 heteroatoms. The molecule has 0 saturated carbocycles. The van der Waals surface area contributed by atoms with Gasteiger partial charge in [0.1, 0.15) is 11.6 Å². The summed E-state index contributed by atoms with van der Waals surface area (Å²) in [7, 11) is 0. The molecule has 0 aliphatic rings. The molecule has 144 valence electrons. The summed E-state index contributed by atoms with van der Waals surface area (Å²) in [5.41, 5.74) is 0.662. The molecule has 0 atom stereocenters. The van der Waals surface area contributed by atoms with Crippen molar-refractivity contribution >= 4 is 22.7 Å². The first-order valence-electron chi connectivity index (χ1n) is 8.55. The van der Waals surface area contributed by atoms with Gasteiger partial charge in [0.15, 0.2) is 11.5 Å². The summed E-state index contributed by atoms with van der Waals surface area (Å²) in [5, 5.41) is 14.4. The van der Waals surface area contributed by atoms with Gasteiger partial charge in [-0.2, -0.15) is 19.0 Å². The van der Waals surface area contributed by atoms with E-state index in [4.69, 9.17) is 0 Å². The molecule has 0 spiro atoms. The van der Waals surface area contributed by atoms with Crippen molar-refractivity contribution in [3.05, 3.63) is 59.4 Å². The van der Waals surface area contributed by atoms with Crippen LogP contribution < -0.4 is 5.32 Å². The third kappa shape index (κ3) is 3.06. The van der Waals surface area contributed by atoms with Gasteiger partial charge in [-0.3, -0.25) is 5.10 Å². The van der Waals surface area contributed by atoms with E-state index in [9.17, 15) is 4.39 Å². The van der Waals surface area contributed by atoms with E-state index in [1.54, 1.807) is 6.07 Å². The molecule has 4 aromatic rings. The van der Waals surface area contributed by atoms with Crippen LogP contribution in [0.2, 0.25) is 0 Å². The van der Waals surface area contributed by atoms with E-state index in [1.807, 2.05) is 13.8 Å². The summed E-state index contributed by atoms with van der Waals surface area (Å²) in [4.78, 5) is 8.11. The standard InChI is InChI=1S/C18H16F3N7/c1-3-28-16-13(9-22-28)15(23-14-8-10(2)26-27-14)24-17(25-16)18(20,21)11-4-6-12(19)7-5-11/h4-9H,3H2,1-2H3,(H2,23,24,25,26,27). The molecular formula is C18H16F3N7. The van der Waals surface area contributed by atoms with Crippen LogP contribution in [0.4, 0.5) is 24.8 Å². The van der Waals surface area contributed by atoms with E-state index in [2.05, 4.69) is 30.6 Å². The number of hydrogen-bond acceptors (Lipinski definition) is 5. The highest BCUT2D eigenvalue weighted by atomic mass is 19.3. The number of fused-ring (bicyclic) bond motifs is 1. The first-order chi connectivity index (χ1) is 13.4. The van der Waals surface area contributed by atoms with E-state index in [0.717, 1.165) is 30.0 Å². The smallest absolute Gasteiger partial charge is 0.323 e. The van der Waals surface area contributed by atoms with Crippen LogP contribution in [-0.2, 0) is 12.5 Å². The van der Waals surface area contributed by atoms with Crippen LogP contribution in [0, 0.1) is 12.7 Å². The van der Waals surface area contributed by atoms with Crippen LogP contribution in [-0.4, -0.2) is 29.9 Å². The van der Waals surface area contributed by atoms with Gasteiger partial charge in [0.05, 0.1) is 11.6 Å². The Bertz CT molecular complexity index is 1130. The SMILES string of the molecule is CCn1ncc2c(Nc3cc(C)[nH]n3)nc(C(F)(F)c3ccc(F)cc3)nc21. The van der Waals surface area contributed by atoms with Crippen molar-refractivity contribution in [2.45, 2.75) is 26.3 Å². The lowest BCUT2D eigenvalue weighted by Crippen LogP contribution is -2.20. The number of nitrogens with one attached hydrogen (secondary N) is 2. The van der Waals surface area contributed by atoms with Gasteiger partial charge in [0.2, 0.25) is 5.82 Å². The van der Waals surface area contributed by atoms with Crippen molar-refractivity contribution in [2.24, 2.45) is 0 Å². The van der Waals surface area contributed by atoms with Crippen LogP contribution >= 0.6 is 0 Å². The Balaban J connectivity index is 1.87. The number of benzene rings is 1.